The van der Waals surface area contributed by atoms with Crippen LogP contribution in [0.4, 0.5) is 0 Å². The Morgan fingerprint density at radius 2 is 2.11 bits per heavy atom. The zero-order chi connectivity index (χ0) is 13.1. The summed E-state index contributed by atoms with van der Waals surface area (Å²) in [5.74, 6) is 1.69. The van der Waals surface area contributed by atoms with E-state index in [1.165, 1.54) is 19.3 Å². The van der Waals surface area contributed by atoms with Crippen LogP contribution < -0.4 is 0 Å². The third-order valence-corrected chi connectivity index (χ3v) is 3.89. The molecule has 0 bridgehead atoms. The molecule has 1 aromatic heterocycles. The van der Waals surface area contributed by atoms with Crippen LogP contribution in [-0.4, -0.2) is 22.5 Å². The average molecular weight is 256 g/mol. The van der Waals surface area contributed by atoms with Gasteiger partial charge in [-0.3, -0.25) is 4.90 Å². The minimum Gasteiger partial charge on any atom is -0.439 e. The third kappa shape index (κ3) is 2.87. The molecular formula is C16H20N2O. The van der Waals surface area contributed by atoms with Crippen LogP contribution in [0, 0.1) is 0 Å². The predicted octanol–water partition coefficient (Wildman–Crippen LogP) is 3.72. The van der Waals surface area contributed by atoms with Gasteiger partial charge in [-0.25, -0.2) is 4.98 Å². The molecule has 1 fully saturated rings. The maximum absolute atomic E-state index is 5.87. The molecule has 1 aliphatic heterocycles. The Morgan fingerprint density at radius 1 is 1.26 bits per heavy atom. The average Bonchev–Trinajstić information content (AvgIpc) is 2.91. The molecule has 2 heterocycles. The van der Waals surface area contributed by atoms with Gasteiger partial charge in [0.05, 0.1) is 12.7 Å². The SMILES string of the molecule is CC1CCCCN1Cc1ncc(-c2ccccc2)o1. The molecule has 0 saturated carbocycles. The first kappa shape index (κ1) is 12.4. The van der Waals surface area contributed by atoms with Crippen molar-refractivity contribution in [2.75, 3.05) is 6.54 Å². The Hall–Kier alpha value is -1.61. The highest BCUT2D eigenvalue weighted by molar-refractivity contribution is 5.55. The van der Waals surface area contributed by atoms with Gasteiger partial charge >= 0.3 is 0 Å². The first-order valence-corrected chi connectivity index (χ1v) is 7.07. The maximum atomic E-state index is 5.87. The van der Waals surface area contributed by atoms with Crippen LogP contribution >= 0.6 is 0 Å². The second-order valence-electron chi connectivity index (χ2n) is 5.30. The lowest BCUT2D eigenvalue weighted by Gasteiger charge is -2.32. The van der Waals surface area contributed by atoms with Crippen LogP contribution in [0.1, 0.15) is 32.1 Å². The predicted molar refractivity (Wildman–Crippen MR) is 75.7 cm³/mol. The number of piperidine rings is 1. The summed E-state index contributed by atoms with van der Waals surface area (Å²) in [5.41, 5.74) is 1.09. The topological polar surface area (TPSA) is 29.3 Å². The summed E-state index contributed by atoms with van der Waals surface area (Å²) in [6.45, 7) is 4.28. The zero-order valence-corrected chi connectivity index (χ0v) is 11.4. The van der Waals surface area contributed by atoms with E-state index in [4.69, 9.17) is 4.42 Å². The Kier molecular flexibility index (Phi) is 3.65. The van der Waals surface area contributed by atoms with Crippen LogP contribution in [0.3, 0.4) is 0 Å². The molecule has 1 saturated heterocycles. The Balaban J connectivity index is 1.71. The van der Waals surface area contributed by atoms with Gasteiger partial charge in [0.2, 0.25) is 5.89 Å². The fourth-order valence-electron chi connectivity index (χ4n) is 2.69. The number of aromatic nitrogens is 1. The molecule has 1 unspecified atom stereocenters. The lowest BCUT2D eigenvalue weighted by molar-refractivity contribution is 0.139. The van der Waals surface area contributed by atoms with E-state index in [0.29, 0.717) is 6.04 Å². The molecule has 0 amide bonds. The molecule has 0 N–H and O–H groups in total. The molecule has 1 aliphatic rings. The Morgan fingerprint density at radius 3 is 2.89 bits per heavy atom. The Bertz CT molecular complexity index is 521. The Labute approximate surface area is 114 Å². The highest BCUT2D eigenvalue weighted by Crippen LogP contribution is 2.23. The van der Waals surface area contributed by atoms with Crippen LogP contribution in [0.25, 0.3) is 11.3 Å². The molecule has 0 spiro atoms. The minimum atomic E-state index is 0.640. The summed E-state index contributed by atoms with van der Waals surface area (Å²) in [7, 11) is 0. The third-order valence-electron chi connectivity index (χ3n) is 3.89. The maximum Gasteiger partial charge on any atom is 0.209 e. The fourth-order valence-corrected chi connectivity index (χ4v) is 2.69. The number of rotatable bonds is 3. The molecule has 1 aromatic carbocycles. The van der Waals surface area contributed by atoms with Crippen molar-refractivity contribution >= 4 is 0 Å². The number of hydrogen-bond donors (Lipinski definition) is 0. The first-order valence-electron chi connectivity index (χ1n) is 7.07. The second kappa shape index (κ2) is 5.57. The molecule has 3 nitrogen and oxygen atoms in total. The van der Waals surface area contributed by atoms with Crippen molar-refractivity contribution in [3.8, 4) is 11.3 Å². The van der Waals surface area contributed by atoms with Crippen LogP contribution in [0.15, 0.2) is 40.9 Å². The molecule has 3 heteroatoms. The molecule has 0 aliphatic carbocycles. The largest absolute Gasteiger partial charge is 0.439 e. The summed E-state index contributed by atoms with van der Waals surface area (Å²) in [4.78, 5) is 6.88. The summed E-state index contributed by atoms with van der Waals surface area (Å²) in [6, 6.07) is 10.8. The molecule has 19 heavy (non-hydrogen) atoms. The van der Waals surface area contributed by atoms with Crippen molar-refractivity contribution in [3.05, 3.63) is 42.4 Å². The van der Waals surface area contributed by atoms with E-state index in [-0.39, 0.29) is 0 Å². The minimum absolute atomic E-state index is 0.640. The van der Waals surface area contributed by atoms with Crippen molar-refractivity contribution in [2.24, 2.45) is 0 Å². The number of hydrogen-bond acceptors (Lipinski definition) is 3. The van der Waals surface area contributed by atoms with Gasteiger partial charge < -0.3 is 4.42 Å². The molecule has 0 radical (unpaired) electrons. The summed E-state index contributed by atoms with van der Waals surface area (Å²) in [5, 5.41) is 0. The van der Waals surface area contributed by atoms with Crippen molar-refractivity contribution in [3.63, 3.8) is 0 Å². The summed E-state index contributed by atoms with van der Waals surface area (Å²) >= 11 is 0. The van der Waals surface area contributed by atoms with E-state index in [1.807, 2.05) is 36.5 Å². The standard InChI is InChI=1S/C16H20N2O/c1-13-7-5-6-10-18(13)12-16-17-11-15(19-16)14-8-3-2-4-9-14/h2-4,8-9,11,13H,5-7,10,12H2,1H3. The summed E-state index contributed by atoms with van der Waals surface area (Å²) < 4.78 is 5.87. The van der Waals surface area contributed by atoms with E-state index in [9.17, 15) is 0 Å². The number of benzene rings is 1. The highest BCUT2D eigenvalue weighted by atomic mass is 16.4. The molecule has 1 atom stereocenters. The van der Waals surface area contributed by atoms with Crippen LogP contribution in [0.2, 0.25) is 0 Å². The van der Waals surface area contributed by atoms with Crippen molar-refractivity contribution in [1.82, 2.24) is 9.88 Å². The quantitative estimate of drug-likeness (QED) is 0.838. The smallest absolute Gasteiger partial charge is 0.209 e. The number of likely N-dealkylation sites (tertiary alicyclic amines) is 1. The van der Waals surface area contributed by atoms with Gasteiger partial charge in [0.1, 0.15) is 0 Å². The zero-order valence-electron chi connectivity index (χ0n) is 11.4. The van der Waals surface area contributed by atoms with E-state index in [0.717, 1.165) is 30.3 Å². The highest BCUT2D eigenvalue weighted by Gasteiger charge is 2.20. The normalized spacial score (nSPS) is 20.6. The first-order chi connectivity index (χ1) is 9.33. The van der Waals surface area contributed by atoms with E-state index < -0.39 is 0 Å². The van der Waals surface area contributed by atoms with Gasteiger partial charge in [-0.05, 0) is 26.3 Å². The van der Waals surface area contributed by atoms with E-state index >= 15 is 0 Å². The van der Waals surface area contributed by atoms with Crippen molar-refractivity contribution in [2.45, 2.75) is 38.8 Å². The van der Waals surface area contributed by atoms with Gasteiger partial charge in [0, 0.05) is 11.6 Å². The van der Waals surface area contributed by atoms with Crippen LogP contribution in [-0.2, 0) is 6.54 Å². The molecule has 2 aromatic rings. The lowest BCUT2D eigenvalue weighted by Crippen LogP contribution is -2.36. The van der Waals surface area contributed by atoms with Crippen molar-refractivity contribution < 1.29 is 4.42 Å². The molecular weight excluding hydrogens is 236 g/mol. The van der Waals surface area contributed by atoms with Crippen molar-refractivity contribution in [1.29, 1.82) is 0 Å². The van der Waals surface area contributed by atoms with Gasteiger partial charge in [0.15, 0.2) is 5.76 Å². The van der Waals surface area contributed by atoms with Gasteiger partial charge in [-0.15, -0.1) is 0 Å². The van der Waals surface area contributed by atoms with E-state index in [2.05, 4.69) is 16.8 Å². The van der Waals surface area contributed by atoms with Gasteiger partial charge in [0.25, 0.3) is 0 Å². The monoisotopic (exact) mass is 256 g/mol. The molecule has 3 rings (SSSR count). The second-order valence-corrected chi connectivity index (χ2v) is 5.30. The van der Waals surface area contributed by atoms with Gasteiger partial charge in [-0.1, -0.05) is 36.8 Å². The van der Waals surface area contributed by atoms with Gasteiger partial charge in [-0.2, -0.15) is 0 Å². The number of oxazole rings is 1. The van der Waals surface area contributed by atoms with Crippen LogP contribution in [0.5, 0.6) is 0 Å². The molecule has 100 valence electrons. The summed E-state index contributed by atoms with van der Waals surface area (Å²) in [6.07, 6.45) is 5.75. The fraction of sp³-hybridized carbons (Fsp3) is 0.438. The lowest BCUT2D eigenvalue weighted by atomic mass is 10.0. The number of nitrogens with zero attached hydrogens (tertiary/aromatic N) is 2. The van der Waals surface area contributed by atoms with E-state index in [1.54, 1.807) is 0 Å².